The number of anilines is 2. The number of fused-ring (bicyclic) bond motifs is 8. The summed E-state index contributed by atoms with van der Waals surface area (Å²) in [5.41, 5.74) is 4.66. The van der Waals surface area contributed by atoms with Crippen LogP contribution in [0.3, 0.4) is 0 Å². The average molecular weight is 897 g/mol. The number of carbonyl (C=O) groups is 2. The van der Waals surface area contributed by atoms with E-state index in [1.54, 1.807) is 48.5 Å². The molecule has 12 nitrogen and oxygen atoms in total. The number of benzene rings is 6. The second-order valence-electron chi connectivity index (χ2n) is 18.7. The van der Waals surface area contributed by atoms with Crippen molar-refractivity contribution < 1.29 is 28.5 Å². The van der Waals surface area contributed by atoms with Gasteiger partial charge in [0.1, 0.15) is 34.4 Å². The van der Waals surface area contributed by atoms with Crippen molar-refractivity contribution in [3.63, 3.8) is 0 Å². The Hall–Kier alpha value is -8.38. The lowest BCUT2D eigenvalue weighted by molar-refractivity contribution is 0.0725. The molecule has 12 rings (SSSR count). The topological polar surface area (TPSA) is 128 Å². The Morgan fingerprint density at radius 2 is 0.926 bits per heavy atom. The van der Waals surface area contributed by atoms with E-state index >= 15 is 0 Å². The molecule has 2 aromatic heterocycles. The van der Waals surface area contributed by atoms with Gasteiger partial charge in [0.15, 0.2) is 0 Å². The molecule has 0 bridgehead atoms. The maximum Gasteiger partial charge on any atom is 0.343 e. The predicted octanol–water partition coefficient (Wildman–Crippen LogP) is 11.3. The average Bonchev–Trinajstić information content (AvgIpc) is 3.62. The minimum atomic E-state index is -0.831. The Kier molecular flexibility index (Phi) is 8.80. The van der Waals surface area contributed by atoms with Crippen molar-refractivity contribution in [1.82, 2.24) is 9.97 Å². The molecule has 0 aliphatic carbocycles. The van der Waals surface area contributed by atoms with Crippen LogP contribution in [-0.2, 0) is 10.8 Å². The van der Waals surface area contributed by atoms with Gasteiger partial charge < -0.3 is 28.7 Å². The van der Waals surface area contributed by atoms with Gasteiger partial charge in [-0.25, -0.2) is 9.59 Å². The molecule has 12 heteroatoms. The van der Waals surface area contributed by atoms with Crippen LogP contribution < -0.4 is 28.7 Å². The van der Waals surface area contributed by atoms with Crippen molar-refractivity contribution in [3.8, 4) is 34.4 Å². The zero-order valence-corrected chi connectivity index (χ0v) is 38.1. The summed E-state index contributed by atoms with van der Waals surface area (Å²) >= 11 is 0. The van der Waals surface area contributed by atoms with Crippen LogP contribution in [0.1, 0.15) is 59.5 Å². The molecule has 2 atom stereocenters. The summed E-state index contributed by atoms with van der Waals surface area (Å²) in [5, 5.41) is 3.40. The number of nitrogens with zero attached hydrogens (tertiary/aromatic N) is 6. The maximum absolute atomic E-state index is 13.7. The Balaban J connectivity index is 0.764. The highest BCUT2D eigenvalue weighted by atomic mass is 16.5. The molecule has 6 aromatic carbocycles. The Labute approximate surface area is 392 Å². The highest BCUT2D eigenvalue weighted by Crippen LogP contribution is 2.56. The summed E-state index contributed by atoms with van der Waals surface area (Å²) in [4.78, 5) is 50.7. The third kappa shape index (κ3) is 5.86. The van der Waals surface area contributed by atoms with Gasteiger partial charge in [0.2, 0.25) is 11.4 Å². The molecule has 0 saturated carbocycles. The molecule has 8 aromatic rings. The summed E-state index contributed by atoms with van der Waals surface area (Å²) in [5.74, 6) is 0.768. The molecule has 0 radical (unpaired) electrons. The van der Waals surface area contributed by atoms with Crippen molar-refractivity contribution in [1.29, 1.82) is 0 Å². The van der Waals surface area contributed by atoms with Crippen molar-refractivity contribution >= 4 is 68.7 Å². The highest BCUT2D eigenvalue weighted by Gasteiger charge is 2.59. The zero-order chi connectivity index (χ0) is 46.7. The summed E-state index contributed by atoms with van der Waals surface area (Å²) in [7, 11) is 4.06. The third-order valence-electron chi connectivity index (χ3n) is 14.5. The smallest absolute Gasteiger partial charge is 0.343 e. The molecule has 4 aliphatic rings. The van der Waals surface area contributed by atoms with Crippen LogP contribution in [0.4, 0.5) is 22.7 Å². The lowest BCUT2D eigenvalue weighted by Gasteiger charge is -2.45. The van der Waals surface area contributed by atoms with Gasteiger partial charge >= 0.3 is 11.9 Å². The van der Waals surface area contributed by atoms with Crippen LogP contribution in [0.25, 0.3) is 32.9 Å². The molecule has 2 spiro atoms. The summed E-state index contributed by atoms with van der Waals surface area (Å²) in [6, 6.07) is 41.7. The molecule has 2 unspecified atom stereocenters. The van der Waals surface area contributed by atoms with Gasteiger partial charge in [0.25, 0.3) is 0 Å². The lowest BCUT2D eigenvalue weighted by atomic mass is 9.77. The lowest BCUT2D eigenvalue weighted by Crippen LogP contribution is -2.61. The molecule has 68 heavy (non-hydrogen) atoms. The molecule has 0 N–H and O–H groups in total. The molecule has 4 aliphatic heterocycles. The van der Waals surface area contributed by atoms with Crippen LogP contribution in [0.5, 0.6) is 23.0 Å². The summed E-state index contributed by atoms with van der Waals surface area (Å²) in [6.07, 6.45) is 6.78. The number of aromatic nitrogens is 2. The zero-order valence-electron chi connectivity index (χ0n) is 38.1. The minimum Gasteiger partial charge on any atom is -0.459 e. The van der Waals surface area contributed by atoms with Crippen LogP contribution in [0.15, 0.2) is 156 Å². The van der Waals surface area contributed by atoms with Gasteiger partial charge in [-0.2, -0.15) is 0 Å². The van der Waals surface area contributed by atoms with Gasteiger partial charge in [0.05, 0.1) is 45.8 Å². The number of pyridine rings is 2. The molecule has 6 heterocycles. The first-order valence-corrected chi connectivity index (χ1v) is 22.4. The fourth-order valence-electron chi connectivity index (χ4n) is 10.6. The van der Waals surface area contributed by atoms with Gasteiger partial charge in [-0.05, 0) is 122 Å². The van der Waals surface area contributed by atoms with Crippen molar-refractivity contribution in [2.24, 2.45) is 9.98 Å². The fraction of sp³-hybridized carbons (Fsp3) is 0.179. The van der Waals surface area contributed by atoms with E-state index in [2.05, 4.69) is 71.7 Å². The van der Waals surface area contributed by atoms with E-state index in [4.69, 9.17) is 28.9 Å². The molecule has 0 saturated heterocycles. The summed E-state index contributed by atoms with van der Waals surface area (Å²) in [6.45, 7) is 8.68. The number of carbonyl (C=O) groups excluding carboxylic acids is 2. The minimum absolute atomic E-state index is 0.249. The Bertz CT molecular complexity index is 3320. The van der Waals surface area contributed by atoms with Crippen molar-refractivity contribution in [2.45, 2.75) is 50.0 Å². The molecule has 0 amide bonds. The highest BCUT2D eigenvalue weighted by molar-refractivity contribution is 6.03. The molecule has 0 fully saturated rings. The number of hydrogen-bond donors (Lipinski definition) is 0. The first-order valence-electron chi connectivity index (χ1n) is 22.4. The second-order valence-corrected chi connectivity index (χ2v) is 18.7. The number of aliphatic imine (C=N–C) groups is 2. The van der Waals surface area contributed by atoms with Crippen LogP contribution in [0, 0.1) is 0 Å². The van der Waals surface area contributed by atoms with E-state index in [1.807, 2.05) is 87.2 Å². The number of para-hydroxylation sites is 2. The van der Waals surface area contributed by atoms with Crippen LogP contribution in [0.2, 0.25) is 0 Å². The summed E-state index contributed by atoms with van der Waals surface area (Å²) < 4.78 is 25.6. The van der Waals surface area contributed by atoms with Gasteiger partial charge in [0, 0.05) is 48.6 Å². The van der Waals surface area contributed by atoms with Crippen LogP contribution >= 0.6 is 0 Å². The van der Waals surface area contributed by atoms with E-state index in [0.717, 1.165) is 32.9 Å². The SMILES string of the molecule is CN1c2ccccc2C(C)(C)C12C=Nc1c(ccc3ccc(OC(=O)c4ccnc(-c5cc(C(=O)Oc6ccc7ccc8c(c7c6)N=CC6(O8)N(C)c7ccccc7C6(C)C)ccn5)c4)cc13)O2. The van der Waals surface area contributed by atoms with E-state index in [0.29, 0.717) is 45.8 Å². The Morgan fingerprint density at radius 3 is 1.35 bits per heavy atom. The first kappa shape index (κ1) is 41.1. The fourth-order valence-corrected chi connectivity index (χ4v) is 10.6. The first-order chi connectivity index (χ1) is 32.8. The van der Waals surface area contributed by atoms with E-state index in [-0.39, 0.29) is 11.1 Å². The predicted molar refractivity (Wildman–Crippen MR) is 264 cm³/mol. The molecule has 334 valence electrons. The van der Waals surface area contributed by atoms with Crippen LogP contribution in [-0.4, -0.2) is 59.9 Å². The second kappa shape index (κ2) is 14.6. The molecular weight excluding hydrogens is 853 g/mol. The largest absolute Gasteiger partial charge is 0.459 e. The third-order valence-corrected chi connectivity index (χ3v) is 14.5. The number of esters is 2. The Morgan fingerprint density at radius 1 is 0.515 bits per heavy atom. The van der Waals surface area contributed by atoms with E-state index in [9.17, 15) is 9.59 Å². The van der Waals surface area contributed by atoms with E-state index < -0.39 is 34.2 Å². The van der Waals surface area contributed by atoms with Crippen molar-refractivity contribution in [3.05, 3.63) is 168 Å². The quantitative estimate of drug-likeness (QED) is 0.122. The number of rotatable bonds is 5. The number of likely N-dealkylation sites (N-methyl/N-ethyl adjacent to an activating group) is 2. The van der Waals surface area contributed by atoms with Crippen molar-refractivity contribution in [2.75, 3.05) is 23.9 Å². The van der Waals surface area contributed by atoms with E-state index in [1.165, 1.54) is 23.5 Å². The van der Waals surface area contributed by atoms with Gasteiger partial charge in [-0.3, -0.25) is 20.0 Å². The number of ether oxygens (including phenoxy) is 4. The maximum atomic E-state index is 13.7. The molecular formula is C56H44N6O6. The standard InChI is InChI=1S/C56H44N6O6/c1-53(2)41-11-7-9-13-45(41)61(5)55(53)31-59-49-39-29-37(19-15-33(39)17-21-47(49)67-55)65-51(63)35-23-25-57-43(27-35)44-28-36(24-26-58-44)52(64)66-38-20-16-34-18-22-48-50(40(34)30-38)60-32-56(68-48)54(3,4)42-12-8-10-14-46(42)62(56)6/h7-32H,1-6H3. The normalized spacial score (nSPS) is 19.9. The van der Waals surface area contributed by atoms with Gasteiger partial charge in [-0.1, -0.05) is 60.7 Å². The monoisotopic (exact) mass is 896 g/mol. The number of hydrogen-bond acceptors (Lipinski definition) is 12. The van der Waals surface area contributed by atoms with Gasteiger partial charge in [-0.15, -0.1) is 0 Å².